The molecule has 6 heteroatoms. The predicted octanol–water partition coefficient (Wildman–Crippen LogP) is 5.55. The van der Waals surface area contributed by atoms with Crippen LogP contribution in [-0.2, 0) is 9.47 Å². The fourth-order valence-corrected chi connectivity index (χ4v) is 3.35. The number of carbonyl (C=O) groups excluding carboxylic acids is 1. The lowest BCUT2D eigenvalue weighted by Crippen LogP contribution is -2.27. The summed E-state index contributed by atoms with van der Waals surface area (Å²) in [6.07, 6.45) is 5.64. The van der Waals surface area contributed by atoms with Gasteiger partial charge in [0.1, 0.15) is 17.6 Å². The van der Waals surface area contributed by atoms with Crippen molar-refractivity contribution in [2.45, 2.75) is 45.3 Å². The first-order valence-corrected chi connectivity index (χ1v) is 10.4. The summed E-state index contributed by atoms with van der Waals surface area (Å²) in [6, 6.07) is 12.2. The maximum absolute atomic E-state index is 13.7. The lowest BCUT2D eigenvalue weighted by atomic mass is 10.0. The van der Waals surface area contributed by atoms with Crippen LogP contribution >= 0.6 is 0 Å². The topological polar surface area (TPSA) is 68.5 Å². The Kier molecular flexibility index (Phi) is 7.95. The molecular weight excluding hydrogens is 385 g/mol. The molecule has 30 heavy (non-hydrogen) atoms. The molecule has 1 aliphatic rings. The van der Waals surface area contributed by atoms with Crippen LogP contribution < -0.4 is 4.74 Å². The van der Waals surface area contributed by atoms with E-state index in [0.717, 1.165) is 18.1 Å². The average molecular weight is 411 g/mol. The molecule has 0 amide bonds. The molecule has 3 rings (SSSR count). The normalized spacial score (nSPS) is 18.6. The highest BCUT2D eigenvalue weighted by molar-refractivity contribution is 5.91. The molecule has 0 saturated carbocycles. The molecule has 0 N–H and O–H groups in total. The standard InChI is InChI=1S/C24H26FNO4/c1-2-3-4-5-6-17-15-28-24(29-16-17)19-9-7-18(8-10-19)23(27)30-21-12-11-20(14-26)22(25)13-21/h7-13,17,24H,2-6,15-16H2,1H3. The maximum Gasteiger partial charge on any atom is 0.343 e. The summed E-state index contributed by atoms with van der Waals surface area (Å²) in [5.74, 6) is -0.860. The number of esters is 1. The molecule has 0 aromatic heterocycles. The fourth-order valence-electron chi connectivity index (χ4n) is 3.35. The quantitative estimate of drug-likeness (QED) is 0.324. The number of ether oxygens (including phenoxy) is 3. The number of nitriles is 1. The SMILES string of the molecule is CCCCCCC1COC(c2ccc(C(=O)Oc3ccc(C#N)c(F)c3)cc2)OC1. The molecule has 2 aromatic rings. The van der Waals surface area contributed by atoms with Gasteiger partial charge in [0.25, 0.3) is 0 Å². The molecule has 1 aliphatic heterocycles. The van der Waals surface area contributed by atoms with Crippen LogP contribution in [0.1, 0.15) is 66.8 Å². The lowest BCUT2D eigenvalue weighted by Gasteiger charge is -2.29. The number of carbonyl (C=O) groups is 1. The van der Waals surface area contributed by atoms with E-state index in [0.29, 0.717) is 24.7 Å². The van der Waals surface area contributed by atoms with Crippen molar-refractivity contribution in [3.63, 3.8) is 0 Å². The Bertz CT molecular complexity index is 883. The smallest absolute Gasteiger partial charge is 0.343 e. The van der Waals surface area contributed by atoms with Crippen molar-refractivity contribution in [3.05, 3.63) is 65.0 Å². The van der Waals surface area contributed by atoms with Crippen molar-refractivity contribution >= 4 is 5.97 Å². The number of rotatable bonds is 8. The maximum atomic E-state index is 13.7. The Morgan fingerprint density at radius 1 is 1.13 bits per heavy atom. The van der Waals surface area contributed by atoms with E-state index in [9.17, 15) is 9.18 Å². The number of halogens is 1. The fraction of sp³-hybridized carbons (Fsp3) is 0.417. The summed E-state index contributed by atoms with van der Waals surface area (Å²) < 4.78 is 30.6. The van der Waals surface area contributed by atoms with Gasteiger partial charge < -0.3 is 14.2 Å². The third-order valence-electron chi connectivity index (χ3n) is 5.12. The first-order valence-electron chi connectivity index (χ1n) is 10.4. The number of hydrogen-bond acceptors (Lipinski definition) is 5. The van der Waals surface area contributed by atoms with Crippen LogP contribution in [0, 0.1) is 23.1 Å². The minimum absolute atomic E-state index is 0.0458. The van der Waals surface area contributed by atoms with Crippen LogP contribution in [0.25, 0.3) is 0 Å². The van der Waals surface area contributed by atoms with Gasteiger partial charge in [-0.2, -0.15) is 5.26 Å². The van der Waals surface area contributed by atoms with Gasteiger partial charge in [-0.3, -0.25) is 0 Å². The molecule has 0 radical (unpaired) electrons. The Morgan fingerprint density at radius 2 is 1.87 bits per heavy atom. The summed E-state index contributed by atoms with van der Waals surface area (Å²) >= 11 is 0. The Balaban J connectivity index is 1.51. The van der Waals surface area contributed by atoms with Gasteiger partial charge in [-0.25, -0.2) is 9.18 Å². The van der Waals surface area contributed by atoms with Gasteiger partial charge in [0.15, 0.2) is 6.29 Å². The number of benzene rings is 2. The van der Waals surface area contributed by atoms with Crippen LogP contribution in [0.15, 0.2) is 42.5 Å². The van der Waals surface area contributed by atoms with Crippen molar-refractivity contribution in [1.29, 1.82) is 5.26 Å². The highest BCUT2D eigenvalue weighted by atomic mass is 19.1. The van der Waals surface area contributed by atoms with Gasteiger partial charge >= 0.3 is 5.97 Å². The van der Waals surface area contributed by atoms with E-state index in [1.165, 1.54) is 37.8 Å². The highest BCUT2D eigenvalue weighted by Crippen LogP contribution is 2.28. The van der Waals surface area contributed by atoms with Crippen molar-refractivity contribution in [1.82, 2.24) is 0 Å². The molecule has 0 aliphatic carbocycles. The molecule has 1 saturated heterocycles. The zero-order valence-corrected chi connectivity index (χ0v) is 17.1. The van der Waals surface area contributed by atoms with Gasteiger partial charge in [0, 0.05) is 17.5 Å². The Hall–Kier alpha value is -2.75. The summed E-state index contributed by atoms with van der Waals surface area (Å²) in [4.78, 5) is 12.3. The van der Waals surface area contributed by atoms with Gasteiger partial charge in [-0.05, 0) is 30.7 Å². The van der Waals surface area contributed by atoms with Crippen molar-refractivity contribution in [2.75, 3.05) is 13.2 Å². The summed E-state index contributed by atoms with van der Waals surface area (Å²) in [7, 11) is 0. The lowest BCUT2D eigenvalue weighted by molar-refractivity contribution is -0.206. The minimum Gasteiger partial charge on any atom is -0.423 e. The van der Waals surface area contributed by atoms with E-state index in [4.69, 9.17) is 19.5 Å². The van der Waals surface area contributed by atoms with E-state index >= 15 is 0 Å². The van der Waals surface area contributed by atoms with E-state index in [2.05, 4.69) is 6.92 Å². The monoisotopic (exact) mass is 411 g/mol. The number of unbranched alkanes of at least 4 members (excludes halogenated alkanes) is 3. The zero-order valence-electron chi connectivity index (χ0n) is 17.1. The number of nitrogens with zero attached hydrogens (tertiary/aromatic N) is 1. The summed E-state index contributed by atoms with van der Waals surface area (Å²) in [6.45, 7) is 3.55. The molecule has 0 unspecified atom stereocenters. The second kappa shape index (κ2) is 10.9. The van der Waals surface area contributed by atoms with Gasteiger partial charge in [0.2, 0.25) is 0 Å². The van der Waals surface area contributed by atoms with Crippen molar-refractivity contribution in [3.8, 4) is 11.8 Å². The van der Waals surface area contributed by atoms with Crippen LogP contribution in [0.2, 0.25) is 0 Å². The number of hydrogen-bond donors (Lipinski definition) is 0. The molecule has 2 aromatic carbocycles. The van der Waals surface area contributed by atoms with Crippen LogP contribution in [-0.4, -0.2) is 19.2 Å². The first kappa shape index (κ1) is 21.9. The van der Waals surface area contributed by atoms with E-state index in [-0.39, 0.29) is 11.3 Å². The summed E-state index contributed by atoms with van der Waals surface area (Å²) in [5.41, 5.74) is 1.06. The van der Waals surface area contributed by atoms with Crippen molar-refractivity contribution in [2.24, 2.45) is 5.92 Å². The average Bonchev–Trinajstić information content (AvgIpc) is 2.77. The minimum atomic E-state index is -0.728. The van der Waals surface area contributed by atoms with E-state index in [1.807, 2.05) is 0 Å². The largest absolute Gasteiger partial charge is 0.423 e. The predicted molar refractivity (Wildman–Crippen MR) is 109 cm³/mol. The Morgan fingerprint density at radius 3 is 2.50 bits per heavy atom. The molecule has 1 fully saturated rings. The van der Waals surface area contributed by atoms with Gasteiger partial charge in [-0.1, -0.05) is 44.7 Å². The molecule has 158 valence electrons. The third kappa shape index (κ3) is 5.88. The van der Waals surface area contributed by atoms with E-state index in [1.54, 1.807) is 30.3 Å². The van der Waals surface area contributed by atoms with Gasteiger partial charge in [0.05, 0.1) is 24.3 Å². The molecule has 0 bridgehead atoms. The molecule has 5 nitrogen and oxygen atoms in total. The second-order valence-corrected chi connectivity index (χ2v) is 7.48. The molecule has 0 atom stereocenters. The van der Waals surface area contributed by atoms with Crippen LogP contribution in [0.3, 0.4) is 0 Å². The summed E-state index contributed by atoms with van der Waals surface area (Å²) in [5, 5.41) is 8.76. The first-order chi connectivity index (χ1) is 14.6. The second-order valence-electron chi connectivity index (χ2n) is 7.48. The zero-order chi connectivity index (χ0) is 21.3. The van der Waals surface area contributed by atoms with Gasteiger partial charge in [-0.15, -0.1) is 0 Å². The van der Waals surface area contributed by atoms with E-state index < -0.39 is 18.1 Å². The van der Waals surface area contributed by atoms with Crippen LogP contribution in [0.4, 0.5) is 4.39 Å². The highest BCUT2D eigenvalue weighted by Gasteiger charge is 2.23. The van der Waals surface area contributed by atoms with Crippen LogP contribution in [0.5, 0.6) is 5.75 Å². The Labute approximate surface area is 176 Å². The molecular formula is C24H26FNO4. The van der Waals surface area contributed by atoms with Crippen molar-refractivity contribution < 1.29 is 23.4 Å². The third-order valence-corrected chi connectivity index (χ3v) is 5.12. The molecule has 0 spiro atoms. The molecule has 1 heterocycles.